The molecule has 3 nitrogen and oxygen atoms in total. The Hall–Kier alpha value is -0.870. The molecular formula is C12H17NO2S. The number of aliphatic hydroxyl groups is 1. The van der Waals surface area contributed by atoms with Crippen LogP contribution in [0, 0.1) is 5.41 Å². The number of rotatable bonds is 3. The summed E-state index contributed by atoms with van der Waals surface area (Å²) in [5.41, 5.74) is 0.572. The molecule has 0 radical (unpaired) electrons. The van der Waals surface area contributed by atoms with Crippen LogP contribution >= 0.6 is 11.3 Å². The van der Waals surface area contributed by atoms with Gasteiger partial charge in [0.2, 0.25) is 0 Å². The van der Waals surface area contributed by atoms with Gasteiger partial charge in [-0.2, -0.15) is 11.3 Å². The number of aliphatic hydroxyl groups excluding tert-OH is 1. The summed E-state index contributed by atoms with van der Waals surface area (Å²) in [5, 5.41) is 16.2. The quantitative estimate of drug-likeness (QED) is 0.848. The number of nitrogens with one attached hydrogen (secondary N) is 1. The van der Waals surface area contributed by atoms with E-state index in [-0.39, 0.29) is 24.0 Å². The molecule has 2 N–H and O–H groups in total. The van der Waals surface area contributed by atoms with Gasteiger partial charge >= 0.3 is 0 Å². The smallest absolute Gasteiger partial charge is 0.252 e. The average molecular weight is 239 g/mol. The minimum absolute atomic E-state index is 0.0205. The molecule has 1 fully saturated rings. The van der Waals surface area contributed by atoms with Gasteiger partial charge in [-0.15, -0.1) is 0 Å². The van der Waals surface area contributed by atoms with Gasteiger partial charge in [-0.1, -0.05) is 13.3 Å². The number of carbonyl (C=O) groups excluding carboxylic acids is 1. The van der Waals surface area contributed by atoms with Crippen molar-refractivity contribution in [3.8, 4) is 0 Å². The van der Waals surface area contributed by atoms with E-state index in [1.54, 1.807) is 0 Å². The Labute approximate surface area is 99.5 Å². The Morgan fingerprint density at radius 1 is 1.75 bits per heavy atom. The summed E-state index contributed by atoms with van der Waals surface area (Å²) in [5.74, 6) is -0.0205. The first-order valence-electron chi connectivity index (χ1n) is 5.60. The molecular weight excluding hydrogens is 222 g/mol. The molecule has 1 saturated carbocycles. The molecule has 0 bridgehead atoms. The molecule has 1 aromatic heterocycles. The van der Waals surface area contributed by atoms with Gasteiger partial charge in [-0.05, 0) is 24.3 Å². The van der Waals surface area contributed by atoms with Crippen LogP contribution in [0.25, 0.3) is 0 Å². The minimum atomic E-state index is -0.147. The second-order valence-electron chi connectivity index (χ2n) is 4.74. The van der Waals surface area contributed by atoms with E-state index in [4.69, 9.17) is 0 Å². The van der Waals surface area contributed by atoms with Crippen LogP contribution in [0.4, 0.5) is 0 Å². The van der Waals surface area contributed by atoms with Crippen LogP contribution in [-0.4, -0.2) is 23.7 Å². The molecule has 0 saturated heterocycles. The number of carbonyl (C=O) groups is 1. The summed E-state index contributed by atoms with van der Waals surface area (Å²) in [4.78, 5) is 11.9. The highest BCUT2D eigenvalue weighted by molar-refractivity contribution is 7.08. The van der Waals surface area contributed by atoms with Crippen molar-refractivity contribution in [2.24, 2.45) is 5.41 Å². The van der Waals surface area contributed by atoms with Gasteiger partial charge in [-0.25, -0.2) is 0 Å². The maximum atomic E-state index is 11.9. The summed E-state index contributed by atoms with van der Waals surface area (Å²) >= 11 is 1.52. The predicted molar refractivity (Wildman–Crippen MR) is 64.6 cm³/mol. The molecule has 16 heavy (non-hydrogen) atoms. The molecule has 88 valence electrons. The Bertz CT molecular complexity index is 363. The van der Waals surface area contributed by atoms with E-state index in [0.29, 0.717) is 0 Å². The zero-order chi connectivity index (χ0) is 11.6. The lowest BCUT2D eigenvalue weighted by Crippen LogP contribution is -2.44. The summed E-state index contributed by atoms with van der Waals surface area (Å²) in [6.45, 7) is 2.18. The lowest BCUT2D eigenvalue weighted by molar-refractivity contribution is 0.0831. The van der Waals surface area contributed by atoms with Gasteiger partial charge < -0.3 is 10.4 Å². The fraction of sp³-hybridized carbons (Fsp3) is 0.583. The topological polar surface area (TPSA) is 49.3 Å². The van der Waals surface area contributed by atoms with Crippen molar-refractivity contribution >= 4 is 17.2 Å². The van der Waals surface area contributed by atoms with Crippen molar-refractivity contribution in [1.82, 2.24) is 5.32 Å². The van der Waals surface area contributed by atoms with Crippen molar-refractivity contribution in [2.75, 3.05) is 6.61 Å². The number of hydrogen-bond acceptors (Lipinski definition) is 3. The molecule has 1 amide bonds. The molecule has 2 unspecified atom stereocenters. The SMILES string of the molecule is CC1(CO)CCCC1NC(=O)c1ccsc1. The van der Waals surface area contributed by atoms with Crippen LogP contribution in [-0.2, 0) is 0 Å². The van der Waals surface area contributed by atoms with Gasteiger partial charge in [0.25, 0.3) is 5.91 Å². The number of thiophene rings is 1. The first kappa shape index (κ1) is 11.6. The van der Waals surface area contributed by atoms with Crippen LogP contribution in [0.5, 0.6) is 0 Å². The largest absolute Gasteiger partial charge is 0.396 e. The van der Waals surface area contributed by atoms with Gasteiger partial charge in [0, 0.05) is 22.4 Å². The van der Waals surface area contributed by atoms with Crippen molar-refractivity contribution in [3.05, 3.63) is 22.4 Å². The van der Waals surface area contributed by atoms with E-state index >= 15 is 0 Å². The van der Waals surface area contributed by atoms with Gasteiger partial charge in [0.15, 0.2) is 0 Å². The first-order chi connectivity index (χ1) is 7.65. The standard InChI is InChI=1S/C12H17NO2S/c1-12(8-14)5-2-3-10(12)13-11(15)9-4-6-16-7-9/h4,6-7,10,14H,2-3,5,8H2,1H3,(H,13,15). The van der Waals surface area contributed by atoms with Gasteiger partial charge in [0.05, 0.1) is 6.61 Å². The second-order valence-corrected chi connectivity index (χ2v) is 5.52. The molecule has 4 heteroatoms. The highest BCUT2D eigenvalue weighted by Crippen LogP contribution is 2.37. The van der Waals surface area contributed by atoms with Crippen molar-refractivity contribution in [2.45, 2.75) is 32.2 Å². The fourth-order valence-electron chi connectivity index (χ4n) is 2.30. The third-order valence-corrected chi connectivity index (χ3v) is 4.22. The summed E-state index contributed by atoms with van der Waals surface area (Å²) < 4.78 is 0. The Morgan fingerprint density at radius 3 is 3.19 bits per heavy atom. The zero-order valence-electron chi connectivity index (χ0n) is 9.40. The number of hydrogen-bond donors (Lipinski definition) is 2. The van der Waals surface area contributed by atoms with Crippen LogP contribution < -0.4 is 5.32 Å². The molecule has 2 rings (SSSR count). The normalized spacial score (nSPS) is 29.2. The summed E-state index contributed by atoms with van der Waals surface area (Å²) in [6, 6.07) is 1.93. The van der Waals surface area contributed by atoms with E-state index in [0.717, 1.165) is 24.8 Å². The van der Waals surface area contributed by atoms with E-state index in [1.165, 1.54) is 11.3 Å². The fourth-order valence-corrected chi connectivity index (χ4v) is 2.94. The van der Waals surface area contributed by atoms with E-state index in [9.17, 15) is 9.90 Å². The zero-order valence-corrected chi connectivity index (χ0v) is 10.2. The Balaban J connectivity index is 2.02. The van der Waals surface area contributed by atoms with Gasteiger partial charge in [-0.3, -0.25) is 4.79 Å². The van der Waals surface area contributed by atoms with Crippen molar-refractivity contribution in [1.29, 1.82) is 0 Å². The molecule has 0 aliphatic heterocycles. The van der Waals surface area contributed by atoms with Crippen molar-refractivity contribution < 1.29 is 9.90 Å². The number of amides is 1. The maximum Gasteiger partial charge on any atom is 0.252 e. The van der Waals surface area contributed by atoms with Gasteiger partial charge in [0.1, 0.15) is 0 Å². The van der Waals surface area contributed by atoms with Crippen LogP contribution in [0.3, 0.4) is 0 Å². The molecule has 0 spiro atoms. The molecule has 0 aromatic carbocycles. The molecule has 1 heterocycles. The van der Waals surface area contributed by atoms with Crippen LogP contribution in [0.2, 0.25) is 0 Å². The highest BCUT2D eigenvalue weighted by atomic mass is 32.1. The molecule has 1 aliphatic carbocycles. The van der Waals surface area contributed by atoms with E-state index in [1.807, 2.05) is 23.8 Å². The predicted octanol–water partition coefficient (Wildman–Crippen LogP) is 2.03. The third kappa shape index (κ3) is 2.13. The van der Waals surface area contributed by atoms with Crippen LogP contribution in [0.15, 0.2) is 16.8 Å². The molecule has 1 aliphatic rings. The lowest BCUT2D eigenvalue weighted by atomic mass is 9.85. The minimum Gasteiger partial charge on any atom is -0.396 e. The van der Waals surface area contributed by atoms with Crippen molar-refractivity contribution in [3.63, 3.8) is 0 Å². The average Bonchev–Trinajstić information content (AvgIpc) is 2.89. The Morgan fingerprint density at radius 2 is 2.56 bits per heavy atom. The van der Waals surface area contributed by atoms with Crippen LogP contribution in [0.1, 0.15) is 36.5 Å². The van der Waals surface area contributed by atoms with E-state index < -0.39 is 0 Å². The third-order valence-electron chi connectivity index (χ3n) is 3.53. The second kappa shape index (κ2) is 4.55. The Kier molecular flexibility index (Phi) is 3.30. The highest BCUT2D eigenvalue weighted by Gasteiger charge is 2.39. The summed E-state index contributed by atoms with van der Waals surface area (Å²) in [6.07, 6.45) is 3.02. The first-order valence-corrected chi connectivity index (χ1v) is 6.54. The monoisotopic (exact) mass is 239 g/mol. The molecule has 2 atom stereocenters. The molecule has 1 aromatic rings. The summed E-state index contributed by atoms with van der Waals surface area (Å²) in [7, 11) is 0. The van der Waals surface area contributed by atoms with E-state index in [2.05, 4.69) is 5.32 Å². The maximum absolute atomic E-state index is 11.9. The lowest BCUT2D eigenvalue weighted by Gasteiger charge is -2.29.